The Hall–Kier alpha value is -2.80. The van der Waals surface area contributed by atoms with Crippen LogP contribution in [0.2, 0.25) is 0 Å². The van der Waals surface area contributed by atoms with E-state index < -0.39 is 5.97 Å². The normalized spacial score (nSPS) is 13.3. The zero-order chi connectivity index (χ0) is 19.2. The number of carbonyl (C=O) groups excluding carboxylic acids is 2. The molecule has 1 aliphatic rings. The quantitative estimate of drug-likeness (QED) is 0.563. The zero-order valence-electron chi connectivity index (χ0n) is 15.3. The molecular weight excluding hydrogens is 366 g/mol. The van der Waals surface area contributed by atoms with Crippen molar-refractivity contribution in [2.24, 2.45) is 0 Å². The number of thiophene rings is 1. The van der Waals surface area contributed by atoms with Gasteiger partial charge in [-0.1, -0.05) is 6.07 Å². The van der Waals surface area contributed by atoms with Crippen LogP contribution in [0.25, 0.3) is 6.08 Å². The smallest absolute Gasteiger partial charge is 0.330 e. The second-order valence-electron chi connectivity index (χ2n) is 5.99. The van der Waals surface area contributed by atoms with Gasteiger partial charge in [0.25, 0.3) is 5.91 Å². The molecule has 0 aliphatic carbocycles. The monoisotopic (exact) mass is 387 g/mol. The van der Waals surface area contributed by atoms with Gasteiger partial charge in [-0.3, -0.25) is 4.79 Å². The molecule has 3 rings (SSSR count). The summed E-state index contributed by atoms with van der Waals surface area (Å²) >= 11 is 1.74. The topological polar surface area (TPSA) is 65.1 Å². The first kappa shape index (κ1) is 19.0. The number of benzene rings is 1. The van der Waals surface area contributed by atoms with Gasteiger partial charge in [0.2, 0.25) is 0 Å². The Labute approximate surface area is 162 Å². The molecule has 0 atom stereocenters. The SMILES string of the molecule is COC(=O)C=Cc1ccc(OCC(=O)N2CCc3sccc3C2)c(OC)c1. The third kappa shape index (κ3) is 4.68. The maximum Gasteiger partial charge on any atom is 0.330 e. The second-order valence-corrected chi connectivity index (χ2v) is 6.99. The Morgan fingerprint density at radius 2 is 2.07 bits per heavy atom. The fourth-order valence-corrected chi connectivity index (χ4v) is 3.72. The summed E-state index contributed by atoms with van der Waals surface area (Å²) < 4.78 is 15.6. The van der Waals surface area contributed by atoms with Gasteiger partial charge in [0.05, 0.1) is 14.2 Å². The van der Waals surface area contributed by atoms with Gasteiger partial charge in [0, 0.05) is 24.0 Å². The number of fused-ring (bicyclic) bond motifs is 1. The molecule has 1 aliphatic heterocycles. The third-order valence-corrected chi connectivity index (χ3v) is 5.34. The Morgan fingerprint density at radius 1 is 1.22 bits per heavy atom. The molecule has 2 aromatic rings. The molecule has 0 N–H and O–H groups in total. The lowest BCUT2D eigenvalue weighted by atomic mass is 10.1. The first-order valence-corrected chi connectivity index (χ1v) is 9.38. The van der Waals surface area contributed by atoms with Gasteiger partial charge in [-0.05, 0) is 47.2 Å². The van der Waals surface area contributed by atoms with Crippen molar-refractivity contribution >= 4 is 29.3 Å². The Kier molecular flexibility index (Phi) is 6.13. The minimum Gasteiger partial charge on any atom is -0.493 e. The van der Waals surface area contributed by atoms with E-state index in [9.17, 15) is 9.59 Å². The van der Waals surface area contributed by atoms with E-state index >= 15 is 0 Å². The van der Waals surface area contributed by atoms with E-state index in [-0.39, 0.29) is 12.5 Å². The number of methoxy groups -OCH3 is 2. The van der Waals surface area contributed by atoms with Gasteiger partial charge < -0.3 is 19.1 Å². The summed E-state index contributed by atoms with van der Waals surface area (Å²) in [5, 5.41) is 2.07. The van der Waals surface area contributed by atoms with E-state index in [2.05, 4.69) is 16.2 Å². The molecule has 7 heteroatoms. The number of hydrogen-bond donors (Lipinski definition) is 0. The van der Waals surface area contributed by atoms with E-state index in [1.807, 2.05) is 4.90 Å². The lowest BCUT2D eigenvalue weighted by molar-refractivity contribution is -0.135. The molecule has 27 heavy (non-hydrogen) atoms. The van der Waals surface area contributed by atoms with Crippen LogP contribution in [-0.4, -0.2) is 44.1 Å². The minimum absolute atomic E-state index is 0.0484. The molecule has 0 bridgehead atoms. The van der Waals surface area contributed by atoms with Crippen LogP contribution >= 0.6 is 11.3 Å². The Morgan fingerprint density at radius 3 is 2.85 bits per heavy atom. The maximum atomic E-state index is 12.5. The highest BCUT2D eigenvalue weighted by Gasteiger charge is 2.22. The molecule has 6 nitrogen and oxygen atoms in total. The number of amides is 1. The average molecular weight is 387 g/mol. The Balaban J connectivity index is 1.61. The van der Waals surface area contributed by atoms with Crippen molar-refractivity contribution in [1.82, 2.24) is 4.90 Å². The first-order valence-electron chi connectivity index (χ1n) is 8.50. The van der Waals surface area contributed by atoms with Crippen molar-refractivity contribution in [2.75, 3.05) is 27.4 Å². The lowest BCUT2D eigenvalue weighted by Crippen LogP contribution is -2.38. The van der Waals surface area contributed by atoms with Crippen LogP contribution in [0.5, 0.6) is 11.5 Å². The number of hydrogen-bond acceptors (Lipinski definition) is 6. The van der Waals surface area contributed by atoms with Crippen molar-refractivity contribution in [1.29, 1.82) is 0 Å². The van der Waals surface area contributed by atoms with Crippen molar-refractivity contribution in [3.05, 3.63) is 51.7 Å². The van der Waals surface area contributed by atoms with E-state index in [1.54, 1.807) is 35.6 Å². The number of nitrogens with zero attached hydrogens (tertiary/aromatic N) is 1. The zero-order valence-corrected chi connectivity index (χ0v) is 16.1. The lowest BCUT2D eigenvalue weighted by Gasteiger charge is -2.27. The van der Waals surface area contributed by atoms with E-state index in [1.165, 1.54) is 30.7 Å². The second kappa shape index (κ2) is 8.73. The summed E-state index contributed by atoms with van der Waals surface area (Å²) in [6.45, 7) is 1.30. The first-order chi connectivity index (χ1) is 13.1. The molecule has 0 radical (unpaired) electrons. The van der Waals surface area contributed by atoms with Crippen LogP contribution in [0, 0.1) is 0 Å². The van der Waals surface area contributed by atoms with Gasteiger partial charge in [-0.2, -0.15) is 0 Å². The highest BCUT2D eigenvalue weighted by Crippen LogP contribution is 2.29. The summed E-state index contributed by atoms with van der Waals surface area (Å²) in [4.78, 5) is 26.8. The standard InChI is InChI=1S/C20H21NO5S/c1-24-17-11-14(4-6-20(23)25-2)3-5-16(17)26-13-19(22)21-9-7-18-15(12-21)8-10-27-18/h3-6,8,10-11H,7,9,12-13H2,1-2H3. The van der Waals surface area contributed by atoms with Gasteiger partial charge in [0.1, 0.15) is 0 Å². The predicted octanol–water partition coefficient (Wildman–Crippen LogP) is 2.91. The van der Waals surface area contributed by atoms with Crippen LogP contribution in [0.3, 0.4) is 0 Å². The van der Waals surface area contributed by atoms with Gasteiger partial charge in [0.15, 0.2) is 18.1 Å². The van der Waals surface area contributed by atoms with Gasteiger partial charge in [-0.15, -0.1) is 11.3 Å². The van der Waals surface area contributed by atoms with Crippen LogP contribution in [-0.2, 0) is 27.3 Å². The molecule has 0 spiro atoms. The number of carbonyl (C=O) groups is 2. The summed E-state index contributed by atoms with van der Waals surface area (Å²) in [6.07, 6.45) is 3.84. The molecule has 0 saturated heterocycles. The van der Waals surface area contributed by atoms with E-state index in [0.29, 0.717) is 24.6 Å². The predicted molar refractivity (Wildman–Crippen MR) is 103 cm³/mol. The van der Waals surface area contributed by atoms with Gasteiger partial charge in [-0.25, -0.2) is 4.79 Å². The molecule has 1 aromatic carbocycles. The molecule has 0 saturated carbocycles. The molecule has 0 unspecified atom stereocenters. The number of rotatable bonds is 6. The number of ether oxygens (including phenoxy) is 3. The van der Waals surface area contributed by atoms with Crippen LogP contribution in [0.15, 0.2) is 35.7 Å². The highest BCUT2D eigenvalue weighted by atomic mass is 32.1. The largest absolute Gasteiger partial charge is 0.493 e. The van der Waals surface area contributed by atoms with Crippen molar-refractivity contribution in [3.8, 4) is 11.5 Å². The van der Waals surface area contributed by atoms with Crippen LogP contribution in [0.4, 0.5) is 0 Å². The van der Waals surface area contributed by atoms with Crippen molar-refractivity contribution in [3.63, 3.8) is 0 Å². The Bertz CT molecular complexity index is 858. The number of esters is 1. The summed E-state index contributed by atoms with van der Waals surface area (Å²) in [6, 6.07) is 7.30. The summed E-state index contributed by atoms with van der Waals surface area (Å²) in [5.41, 5.74) is 1.98. The fourth-order valence-electron chi connectivity index (χ4n) is 2.83. The van der Waals surface area contributed by atoms with Crippen LogP contribution in [0.1, 0.15) is 16.0 Å². The van der Waals surface area contributed by atoms with E-state index in [0.717, 1.165) is 12.0 Å². The molecule has 0 fully saturated rings. The summed E-state index contributed by atoms with van der Waals surface area (Å²) in [7, 11) is 2.85. The molecule has 1 amide bonds. The molecule has 2 heterocycles. The van der Waals surface area contributed by atoms with Crippen molar-refractivity contribution < 1.29 is 23.8 Å². The maximum absolute atomic E-state index is 12.5. The highest BCUT2D eigenvalue weighted by molar-refractivity contribution is 7.10. The summed E-state index contributed by atoms with van der Waals surface area (Å²) in [5.74, 6) is 0.488. The molecule has 1 aromatic heterocycles. The van der Waals surface area contributed by atoms with Crippen molar-refractivity contribution in [2.45, 2.75) is 13.0 Å². The molecule has 142 valence electrons. The van der Waals surface area contributed by atoms with E-state index in [4.69, 9.17) is 9.47 Å². The average Bonchev–Trinajstić information content (AvgIpc) is 3.18. The molecular formula is C20H21NO5S. The van der Waals surface area contributed by atoms with Crippen LogP contribution < -0.4 is 9.47 Å². The third-order valence-electron chi connectivity index (χ3n) is 4.31. The van der Waals surface area contributed by atoms with Gasteiger partial charge >= 0.3 is 5.97 Å². The minimum atomic E-state index is -0.435. The fraction of sp³-hybridized carbons (Fsp3) is 0.300.